The second-order valence-corrected chi connectivity index (χ2v) is 15.2. The number of aromatic nitrogens is 2. The van der Waals surface area contributed by atoms with Crippen molar-refractivity contribution in [3.8, 4) is 20.3 Å². The van der Waals surface area contributed by atoms with Crippen molar-refractivity contribution in [2.24, 2.45) is 0 Å². The van der Waals surface area contributed by atoms with Crippen LogP contribution in [0.4, 0.5) is 17.6 Å². The molecule has 0 saturated heterocycles. The average molecular weight is 672 g/mol. The maximum atomic E-state index is 15.4. The molecule has 38 heavy (non-hydrogen) atoms. The summed E-state index contributed by atoms with van der Waals surface area (Å²) in [4.78, 5) is 8.17. The molecule has 0 aliphatic heterocycles. The fourth-order valence-electron chi connectivity index (χ4n) is 4.79. The molecule has 0 atom stereocenters. The molecule has 8 rings (SSSR count). The van der Waals surface area contributed by atoms with Crippen molar-refractivity contribution in [2.75, 3.05) is 0 Å². The Morgan fingerprint density at radius 3 is 1.45 bits per heavy atom. The zero-order valence-corrected chi connectivity index (χ0v) is 23.9. The van der Waals surface area contributed by atoms with Gasteiger partial charge < -0.3 is 0 Å². The van der Waals surface area contributed by atoms with Crippen molar-refractivity contribution in [3.05, 3.63) is 84.2 Å². The topological polar surface area (TPSA) is 25.8 Å². The summed E-state index contributed by atoms with van der Waals surface area (Å²) in [7, 11) is 0. The standard InChI is InChI=1S/C28H10F4N2S2Se2/c29-15-3-1-5-33-23(15)27-21(31)13-7-17-11(9-19(13)37-27)25-26(35-17)12-10-20-14(8-18(12)36-25)22(32)28(38-20)24-16(30)4-2-6-34-24/h1-10H. The first kappa shape index (κ1) is 23.1. The Hall–Kier alpha value is -2.84. The Balaban J connectivity index is 1.34. The summed E-state index contributed by atoms with van der Waals surface area (Å²) in [6, 6.07) is 13.4. The SMILES string of the molecule is Fc1cccnc1-c1[se]c2cc3c(cc2c1F)sc1c2cc4[se]c(-c5ncccc5F)c(F)c4cc2sc31. The number of pyridine rings is 2. The summed E-state index contributed by atoms with van der Waals surface area (Å²) >= 11 is 2.33. The van der Waals surface area contributed by atoms with Gasteiger partial charge in [0.2, 0.25) is 0 Å². The molecule has 0 unspecified atom stereocenters. The summed E-state index contributed by atoms with van der Waals surface area (Å²) < 4.78 is 66.0. The molecule has 6 aromatic heterocycles. The third-order valence-corrected chi connectivity index (χ3v) is 13.8. The first-order chi connectivity index (χ1) is 18.5. The quantitative estimate of drug-likeness (QED) is 0.136. The second-order valence-electron chi connectivity index (χ2n) is 8.71. The molecular weight excluding hydrogens is 662 g/mol. The van der Waals surface area contributed by atoms with Crippen LogP contribution >= 0.6 is 22.7 Å². The molecule has 0 bridgehead atoms. The van der Waals surface area contributed by atoms with Crippen molar-refractivity contribution in [1.82, 2.24) is 9.97 Å². The molecule has 0 radical (unpaired) electrons. The van der Waals surface area contributed by atoms with E-state index in [0.717, 1.165) is 38.1 Å². The zero-order chi connectivity index (χ0) is 25.7. The monoisotopic (exact) mass is 674 g/mol. The van der Waals surface area contributed by atoms with E-state index >= 15 is 8.78 Å². The minimum atomic E-state index is -0.522. The van der Waals surface area contributed by atoms with Crippen LogP contribution in [0.3, 0.4) is 0 Å². The van der Waals surface area contributed by atoms with Crippen LogP contribution in [0.25, 0.3) is 69.1 Å². The molecule has 0 amide bonds. The first-order valence-corrected chi connectivity index (χ1v) is 16.4. The van der Waals surface area contributed by atoms with Crippen molar-refractivity contribution in [1.29, 1.82) is 0 Å². The minimum absolute atomic E-state index is 0.0768. The van der Waals surface area contributed by atoms with E-state index in [0.29, 0.717) is 19.6 Å². The Labute approximate surface area is 231 Å². The maximum absolute atomic E-state index is 15.4. The molecule has 2 nitrogen and oxygen atoms in total. The van der Waals surface area contributed by atoms with Crippen LogP contribution in [0.15, 0.2) is 60.9 Å². The number of nitrogens with zero attached hydrogens (tertiary/aromatic N) is 2. The predicted molar refractivity (Wildman–Crippen MR) is 150 cm³/mol. The Kier molecular flexibility index (Phi) is 5.06. The molecule has 0 aliphatic rings. The van der Waals surface area contributed by atoms with E-state index in [1.165, 1.54) is 36.7 Å². The van der Waals surface area contributed by atoms with Crippen LogP contribution in [-0.4, -0.2) is 39.0 Å². The van der Waals surface area contributed by atoms with E-state index in [9.17, 15) is 8.78 Å². The Bertz CT molecular complexity index is 2100. The third kappa shape index (κ3) is 3.22. The number of halogens is 4. The fraction of sp³-hybridized carbons (Fsp3) is 0. The normalized spacial score (nSPS) is 12.2. The van der Waals surface area contributed by atoms with Crippen LogP contribution < -0.4 is 0 Å². The van der Waals surface area contributed by atoms with Gasteiger partial charge in [-0.05, 0) is 0 Å². The van der Waals surface area contributed by atoms with Gasteiger partial charge >= 0.3 is 233 Å². The van der Waals surface area contributed by atoms with Crippen LogP contribution in [0.2, 0.25) is 0 Å². The van der Waals surface area contributed by atoms with Crippen molar-refractivity contribution >= 4 is 101 Å². The van der Waals surface area contributed by atoms with E-state index in [1.807, 2.05) is 24.3 Å². The molecule has 8 aromatic rings. The number of hydrogen-bond acceptors (Lipinski definition) is 4. The molecule has 0 fully saturated rings. The number of rotatable bonds is 2. The summed E-state index contributed by atoms with van der Waals surface area (Å²) in [6.07, 6.45) is 2.95. The van der Waals surface area contributed by atoms with E-state index < -0.39 is 52.3 Å². The van der Waals surface area contributed by atoms with Crippen LogP contribution in [0.1, 0.15) is 0 Å². The third-order valence-electron chi connectivity index (χ3n) is 6.53. The molecule has 0 saturated carbocycles. The Morgan fingerprint density at radius 2 is 1.03 bits per heavy atom. The van der Waals surface area contributed by atoms with Gasteiger partial charge in [0.15, 0.2) is 0 Å². The van der Waals surface area contributed by atoms with Gasteiger partial charge in [0, 0.05) is 0 Å². The molecule has 10 heteroatoms. The van der Waals surface area contributed by atoms with Gasteiger partial charge in [-0.2, -0.15) is 0 Å². The van der Waals surface area contributed by atoms with Gasteiger partial charge in [0.1, 0.15) is 0 Å². The molecule has 6 heterocycles. The number of benzene rings is 2. The van der Waals surface area contributed by atoms with Crippen LogP contribution in [0, 0.1) is 23.3 Å². The van der Waals surface area contributed by atoms with Gasteiger partial charge in [-0.15, -0.1) is 0 Å². The molecular formula is C28H10F4N2S2Se2. The molecule has 184 valence electrons. The number of fused-ring (bicyclic) bond motifs is 7. The predicted octanol–water partition coefficient (Wildman–Crippen LogP) is 8.37. The molecule has 0 N–H and O–H groups in total. The van der Waals surface area contributed by atoms with Crippen LogP contribution in [0.5, 0.6) is 0 Å². The van der Waals surface area contributed by atoms with Gasteiger partial charge in [-0.1, -0.05) is 0 Å². The van der Waals surface area contributed by atoms with E-state index in [1.54, 1.807) is 22.7 Å². The van der Waals surface area contributed by atoms with Crippen LogP contribution in [-0.2, 0) is 0 Å². The van der Waals surface area contributed by atoms with Gasteiger partial charge in [0.25, 0.3) is 0 Å². The van der Waals surface area contributed by atoms with Gasteiger partial charge in [-0.3, -0.25) is 0 Å². The van der Waals surface area contributed by atoms with Crippen molar-refractivity contribution in [2.45, 2.75) is 0 Å². The zero-order valence-electron chi connectivity index (χ0n) is 18.8. The van der Waals surface area contributed by atoms with E-state index in [-0.39, 0.29) is 11.4 Å². The Morgan fingerprint density at radius 1 is 0.579 bits per heavy atom. The first-order valence-electron chi connectivity index (χ1n) is 11.3. The fourth-order valence-corrected chi connectivity index (χ4v) is 12.1. The van der Waals surface area contributed by atoms with Crippen molar-refractivity contribution in [3.63, 3.8) is 0 Å². The number of thiophene rings is 2. The summed E-state index contributed by atoms with van der Waals surface area (Å²) in [5, 5.41) is 3.07. The van der Waals surface area contributed by atoms with E-state index in [4.69, 9.17) is 0 Å². The van der Waals surface area contributed by atoms with Crippen molar-refractivity contribution < 1.29 is 17.6 Å². The summed E-state index contributed by atoms with van der Waals surface area (Å²) in [5.74, 6) is -1.85. The second kappa shape index (κ2) is 8.33. The summed E-state index contributed by atoms with van der Waals surface area (Å²) in [5.41, 5.74) is 0.154. The summed E-state index contributed by atoms with van der Waals surface area (Å²) in [6.45, 7) is 0. The van der Waals surface area contributed by atoms with Gasteiger partial charge in [0.05, 0.1) is 0 Å². The average Bonchev–Trinajstić information content (AvgIpc) is 3.63. The molecule has 0 spiro atoms. The molecule has 2 aromatic carbocycles. The number of hydrogen-bond donors (Lipinski definition) is 0. The molecule has 0 aliphatic carbocycles. The van der Waals surface area contributed by atoms with E-state index in [2.05, 4.69) is 9.97 Å². The van der Waals surface area contributed by atoms with Gasteiger partial charge in [-0.25, -0.2) is 0 Å².